The van der Waals surface area contributed by atoms with Crippen molar-refractivity contribution >= 4 is 11.9 Å². The first-order valence-corrected chi connectivity index (χ1v) is 7.67. The Morgan fingerprint density at radius 2 is 1.96 bits per heavy atom. The third kappa shape index (κ3) is 4.77. The fourth-order valence-corrected chi connectivity index (χ4v) is 2.12. The molecule has 7 nitrogen and oxygen atoms in total. The van der Waals surface area contributed by atoms with Crippen molar-refractivity contribution in [2.24, 2.45) is 10.7 Å². The van der Waals surface area contributed by atoms with Crippen LogP contribution in [0, 0.1) is 0 Å². The number of primary amides is 1. The van der Waals surface area contributed by atoms with Crippen LogP contribution in [0.2, 0.25) is 0 Å². The number of nitrogens with zero attached hydrogens (tertiary/aromatic N) is 1. The van der Waals surface area contributed by atoms with E-state index in [0.717, 1.165) is 11.3 Å². The second kappa shape index (κ2) is 8.61. The lowest BCUT2D eigenvalue weighted by molar-refractivity contribution is 0.0972. The van der Waals surface area contributed by atoms with Crippen molar-refractivity contribution in [2.75, 3.05) is 13.7 Å². The highest BCUT2D eigenvalue weighted by atomic mass is 16.5. The molecule has 0 saturated carbocycles. The first-order valence-electron chi connectivity index (χ1n) is 7.67. The molecule has 0 aliphatic heterocycles. The summed E-state index contributed by atoms with van der Waals surface area (Å²) >= 11 is 0. The number of carbonyl (C=O) groups excluding carboxylic acids is 1. The molecule has 7 heteroatoms. The molecule has 0 bridgehead atoms. The van der Waals surface area contributed by atoms with Crippen molar-refractivity contribution in [3.8, 4) is 5.75 Å². The largest absolute Gasteiger partial charge is 0.494 e. The monoisotopic (exact) mass is 330 g/mol. The molecule has 1 amide bonds. The van der Waals surface area contributed by atoms with Gasteiger partial charge >= 0.3 is 0 Å². The highest BCUT2D eigenvalue weighted by Gasteiger charge is 2.08. The van der Waals surface area contributed by atoms with Gasteiger partial charge in [-0.3, -0.25) is 9.79 Å². The average molecular weight is 330 g/mol. The first-order chi connectivity index (χ1) is 11.6. The van der Waals surface area contributed by atoms with Crippen molar-refractivity contribution in [1.29, 1.82) is 0 Å². The molecule has 1 aromatic heterocycles. The highest BCUT2D eigenvalue weighted by molar-refractivity contribution is 5.89. The molecule has 0 unspecified atom stereocenters. The molecule has 0 aliphatic rings. The lowest BCUT2D eigenvalue weighted by Gasteiger charge is -2.13. The van der Waals surface area contributed by atoms with Gasteiger partial charge in [0.05, 0.1) is 13.2 Å². The number of hydrogen-bond donors (Lipinski definition) is 3. The molecule has 4 N–H and O–H groups in total. The molecular formula is C17H22N4O3. The standard InChI is InChI=1S/C17H22N4O3/c1-3-23-14-7-5-4-6-12(14)10-20-17(19-2)21-11-13-8-9-15(24-13)16(18)22/h4-9H,3,10-11H2,1-2H3,(H2,18,22)(H2,19,20,21). The van der Waals surface area contributed by atoms with E-state index in [2.05, 4.69) is 15.6 Å². The summed E-state index contributed by atoms with van der Waals surface area (Å²) in [4.78, 5) is 15.2. The normalized spacial score (nSPS) is 11.2. The summed E-state index contributed by atoms with van der Waals surface area (Å²) in [5.74, 6) is 1.61. The van der Waals surface area contributed by atoms with Gasteiger partial charge < -0.3 is 25.5 Å². The van der Waals surface area contributed by atoms with Gasteiger partial charge in [-0.05, 0) is 25.1 Å². The molecule has 1 aromatic carbocycles. The van der Waals surface area contributed by atoms with Gasteiger partial charge in [0.15, 0.2) is 11.7 Å². The summed E-state index contributed by atoms with van der Waals surface area (Å²) in [7, 11) is 1.68. The van der Waals surface area contributed by atoms with Crippen molar-refractivity contribution in [3.05, 3.63) is 53.5 Å². The number of guanidine groups is 1. The van der Waals surface area contributed by atoms with Crippen LogP contribution in [0.5, 0.6) is 5.75 Å². The van der Waals surface area contributed by atoms with Crippen molar-refractivity contribution in [2.45, 2.75) is 20.0 Å². The van der Waals surface area contributed by atoms with Gasteiger partial charge in [0, 0.05) is 19.2 Å². The number of carbonyl (C=O) groups is 1. The van der Waals surface area contributed by atoms with Crippen LogP contribution in [0.15, 0.2) is 45.8 Å². The Morgan fingerprint density at radius 1 is 1.21 bits per heavy atom. The number of amides is 1. The number of nitrogens with two attached hydrogens (primary N) is 1. The Labute approximate surface area is 140 Å². The van der Waals surface area contributed by atoms with Crippen LogP contribution in [0.3, 0.4) is 0 Å². The van der Waals surface area contributed by atoms with Gasteiger partial charge in [-0.25, -0.2) is 0 Å². The number of benzene rings is 1. The lowest BCUT2D eigenvalue weighted by atomic mass is 10.2. The van der Waals surface area contributed by atoms with Crippen LogP contribution in [0.4, 0.5) is 0 Å². The summed E-state index contributed by atoms with van der Waals surface area (Å²) in [6, 6.07) is 11.1. The maximum atomic E-state index is 11.0. The summed E-state index contributed by atoms with van der Waals surface area (Å²) in [5.41, 5.74) is 6.20. The van der Waals surface area contributed by atoms with Crippen LogP contribution >= 0.6 is 0 Å². The van der Waals surface area contributed by atoms with Gasteiger partial charge in [0.2, 0.25) is 0 Å². The van der Waals surface area contributed by atoms with E-state index in [-0.39, 0.29) is 5.76 Å². The number of nitrogens with one attached hydrogen (secondary N) is 2. The maximum absolute atomic E-state index is 11.0. The number of ether oxygens (including phenoxy) is 1. The minimum Gasteiger partial charge on any atom is -0.494 e. The van der Waals surface area contributed by atoms with Crippen molar-refractivity contribution < 1.29 is 13.9 Å². The van der Waals surface area contributed by atoms with Gasteiger partial charge in [-0.1, -0.05) is 18.2 Å². The Balaban J connectivity index is 1.89. The van der Waals surface area contributed by atoms with E-state index in [1.165, 1.54) is 0 Å². The van der Waals surface area contributed by atoms with Crippen molar-refractivity contribution in [1.82, 2.24) is 10.6 Å². The van der Waals surface area contributed by atoms with E-state index in [0.29, 0.717) is 31.4 Å². The van der Waals surface area contributed by atoms with Crippen LogP contribution in [-0.4, -0.2) is 25.5 Å². The predicted molar refractivity (Wildman–Crippen MR) is 91.9 cm³/mol. The zero-order valence-electron chi connectivity index (χ0n) is 13.8. The Kier molecular flexibility index (Phi) is 6.24. The molecule has 24 heavy (non-hydrogen) atoms. The van der Waals surface area contributed by atoms with Crippen LogP contribution < -0.4 is 21.1 Å². The lowest BCUT2D eigenvalue weighted by Crippen LogP contribution is -2.36. The van der Waals surface area contributed by atoms with Gasteiger partial charge in [0.1, 0.15) is 11.5 Å². The minimum absolute atomic E-state index is 0.139. The summed E-state index contributed by atoms with van der Waals surface area (Å²) in [6.45, 7) is 3.53. The van der Waals surface area contributed by atoms with E-state index in [9.17, 15) is 4.79 Å². The molecule has 0 atom stereocenters. The third-order valence-corrected chi connectivity index (χ3v) is 3.28. The number of para-hydroxylation sites is 1. The fourth-order valence-electron chi connectivity index (χ4n) is 2.12. The number of furan rings is 1. The number of rotatable bonds is 7. The van der Waals surface area contributed by atoms with E-state index < -0.39 is 5.91 Å². The second-order valence-corrected chi connectivity index (χ2v) is 4.95. The highest BCUT2D eigenvalue weighted by Crippen LogP contribution is 2.17. The predicted octanol–water partition coefficient (Wildman–Crippen LogP) is 1.64. The fraction of sp³-hybridized carbons (Fsp3) is 0.294. The summed E-state index contributed by atoms with van der Waals surface area (Å²) < 4.78 is 10.9. The second-order valence-electron chi connectivity index (χ2n) is 4.95. The molecule has 0 fully saturated rings. The molecular weight excluding hydrogens is 308 g/mol. The molecule has 2 rings (SSSR count). The smallest absolute Gasteiger partial charge is 0.284 e. The van der Waals surface area contributed by atoms with Gasteiger partial charge in [-0.15, -0.1) is 0 Å². The quantitative estimate of drug-likeness (QED) is 0.529. The Hall–Kier alpha value is -2.96. The van der Waals surface area contributed by atoms with E-state index in [4.69, 9.17) is 14.9 Å². The van der Waals surface area contributed by atoms with Crippen LogP contribution in [0.25, 0.3) is 0 Å². The van der Waals surface area contributed by atoms with Gasteiger partial charge in [-0.2, -0.15) is 0 Å². The Bertz CT molecular complexity index is 709. The zero-order valence-corrected chi connectivity index (χ0v) is 13.8. The van der Waals surface area contributed by atoms with E-state index >= 15 is 0 Å². The van der Waals surface area contributed by atoms with Gasteiger partial charge in [0.25, 0.3) is 5.91 Å². The molecule has 1 heterocycles. The van der Waals surface area contributed by atoms with E-state index in [1.807, 2.05) is 31.2 Å². The first kappa shape index (κ1) is 17.4. The van der Waals surface area contributed by atoms with E-state index in [1.54, 1.807) is 19.2 Å². The van der Waals surface area contributed by atoms with Crippen LogP contribution in [-0.2, 0) is 13.1 Å². The maximum Gasteiger partial charge on any atom is 0.284 e. The molecule has 0 spiro atoms. The third-order valence-electron chi connectivity index (χ3n) is 3.28. The Morgan fingerprint density at radius 3 is 2.62 bits per heavy atom. The molecule has 0 radical (unpaired) electrons. The average Bonchev–Trinajstić information content (AvgIpc) is 3.06. The topological polar surface area (TPSA) is 102 Å². The molecule has 2 aromatic rings. The molecule has 0 saturated heterocycles. The summed E-state index contributed by atoms with van der Waals surface area (Å²) in [6.07, 6.45) is 0. The number of aliphatic imine (C=N–C) groups is 1. The minimum atomic E-state index is -0.587. The SMILES string of the molecule is CCOc1ccccc1CNC(=NC)NCc1ccc(C(N)=O)o1. The number of hydrogen-bond acceptors (Lipinski definition) is 4. The summed E-state index contributed by atoms with van der Waals surface area (Å²) in [5, 5.41) is 6.32. The van der Waals surface area contributed by atoms with Crippen LogP contribution in [0.1, 0.15) is 28.8 Å². The molecule has 128 valence electrons. The van der Waals surface area contributed by atoms with Crippen molar-refractivity contribution in [3.63, 3.8) is 0 Å². The zero-order chi connectivity index (χ0) is 17.4. The molecule has 0 aliphatic carbocycles.